The van der Waals surface area contributed by atoms with Crippen LogP contribution in [0.3, 0.4) is 0 Å². The van der Waals surface area contributed by atoms with Gasteiger partial charge in [-0.25, -0.2) is 0 Å². The molecule has 96 valence electrons. The molecule has 0 saturated carbocycles. The first kappa shape index (κ1) is 13.0. The van der Waals surface area contributed by atoms with Gasteiger partial charge in [-0.1, -0.05) is 50.5 Å². The fraction of sp³-hybridized carbons (Fsp3) is 0.438. The van der Waals surface area contributed by atoms with E-state index in [-0.39, 0.29) is 0 Å². The molecule has 2 rings (SSSR count). The third-order valence-corrected chi connectivity index (χ3v) is 3.48. The van der Waals surface area contributed by atoms with Crippen molar-refractivity contribution >= 4 is 10.9 Å². The summed E-state index contributed by atoms with van der Waals surface area (Å²) in [5.41, 5.74) is 1.07. The van der Waals surface area contributed by atoms with Gasteiger partial charge in [-0.15, -0.1) is 0 Å². The van der Waals surface area contributed by atoms with E-state index in [2.05, 4.69) is 11.9 Å². The number of unbranched alkanes of at least 4 members (excludes halogenated alkanes) is 2. The van der Waals surface area contributed by atoms with E-state index in [1.54, 1.807) is 6.20 Å². The number of rotatable bonds is 5. The van der Waals surface area contributed by atoms with Crippen LogP contribution in [0.1, 0.15) is 45.1 Å². The van der Waals surface area contributed by atoms with Crippen molar-refractivity contribution in [2.75, 3.05) is 0 Å². The molecule has 0 aliphatic heterocycles. The SMILES string of the molecule is CCCCCC(C)(O)c1cccc2cccnc12. The molecule has 2 nitrogen and oxygen atoms in total. The maximum absolute atomic E-state index is 10.7. The van der Waals surface area contributed by atoms with Gasteiger partial charge < -0.3 is 5.11 Å². The number of hydrogen-bond donors (Lipinski definition) is 1. The van der Waals surface area contributed by atoms with Gasteiger partial charge in [0.2, 0.25) is 0 Å². The molecule has 1 N–H and O–H groups in total. The average molecular weight is 243 g/mol. The molecular formula is C16H21NO. The quantitative estimate of drug-likeness (QED) is 0.804. The molecule has 0 radical (unpaired) electrons. The first-order valence-corrected chi connectivity index (χ1v) is 6.72. The predicted molar refractivity (Wildman–Crippen MR) is 75.5 cm³/mol. The minimum absolute atomic E-state index is 0.788. The number of hydrogen-bond acceptors (Lipinski definition) is 2. The van der Waals surface area contributed by atoms with Crippen LogP contribution in [0.15, 0.2) is 36.5 Å². The average Bonchev–Trinajstić information content (AvgIpc) is 2.38. The number of para-hydroxylation sites is 1. The fourth-order valence-electron chi connectivity index (χ4n) is 2.39. The van der Waals surface area contributed by atoms with Crippen molar-refractivity contribution in [2.45, 2.75) is 45.1 Å². The maximum atomic E-state index is 10.7. The van der Waals surface area contributed by atoms with Gasteiger partial charge in [-0.05, 0) is 19.4 Å². The van der Waals surface area contributed by atoms with Crippen LogP contribution in [0.25, 0.3) is 10.9 Å². The lowest BCUT2D eigenvalue weighted by Gasteiger charge is -2.24. The van der Waals surface area contributed by atoms with Crippen LogP contribution in [0.4, 0.5) is 0 Å². The molecule has 18 heavy (non-hydrogen) atoms. The van der Waals surface area contributed by atoms with Crippen LogP contribution in [0.5, 0.6) is 0 Å². The lowest BCUT2D eigenvalue weighted by Crippen LogP contribution is -2.21. The Bertz CT molecular complexity index is 514. The summed E-state index contributed by atoms with van der Waals surface area (Å²) in [4.78, 5) is 4.42. The molecule has 0 amide bonds. The Labute approximate surface area is 109 Å². The lowest BCUT2D eigenvalue weighted by atomic mass is 9.88. The van der Waals surface area contributed by atoms with Gasteiger partial charge in [0.25, 0.3) is 0 Å². The molecule has 1 aromatic heterocycles. The summed E-state index contributed by atoms with van der Waals surface area (Å²) in [6.45, 7) is 4.07. The third kappa shape index (κ3) is 2.70. The van der Waals surface area contributed by atoms with Gasteiger partial charge in [0.1, 0.15) is 0 Å². The van der Waals surface area contributed by atoms with Crippen LogP contribution >= 0.6 is 0 Å². The first-order chi connectivity index (χ1) is 8.65. The molecule has 0 aliphatic rings. The van der Waals surface area contributed by atoms with Crippen LogP contribution in [-0.2, 0) is 5.60 Å². The van der Waals surface area contributed by atoms with Crippen LogP contribution < -0.4 is 0 Å². The smallest absolute Gasteiger partial charge is 0.0889 e. The van der Waals surface area contributed by atoms with Gasteiger partial charge in [0, 0.05) is 17.1 Å². The van der Waals surface area contributed by atoms with Crippen molar-refractivity contribution in [3.63, 3.8) is 0 Å². The van der Waals surface area contributed by atoms with Crippen LogP contribution in [-0.4, -0.2) is 10.1 Å². The molecule has 2 aromatic rings. The number of aliphatic hydroxyl groups is 1. The summed E-state index contributed by atoms with van der Waals surface area (Å²) < 4.78 is 0. The molecule has 1 aromatic carbocycles. The van der Waals surface area contributed by atoms with Gasteiger partial charge >= 0.3 is 0 Å². The van der Waals surface area contributed by atoms with Gasteiger partial charge in [0.05, 0.1) is 11.1 Å². The largest absolute Gasteiger partial charge is 0.385 e. The van der Waals surface area contributed by atoms with Gasteiger partial charge in [-0.2, -0.15) is 0 Å². The summed E-state index contributed by atoms with van der Waals surface area (Å²) in [5.74, 6) is 0. The zero-order valence-electron chi connectivity index (χ0n) is 11.2. The molecule has 1 heterocycles. The highest BCUT2D eigenvalue weighted by Crippen LogP contribution is 2.31. The molecule has 0 bridgehead atoms. The Kier molecular flexibility index (Phi) is 3.97. The number of aromatic nitrogens is 1. The molecule has 0 fully saturated rings. The summed E-state index contributed by atoms with van der Waals surface area (Å²) in [7, 11) is 0. The van der Waals surface area contributed by atoms with E-state index in [4.69, 9.17) is 0 Å². The Morgan fingerprint density at radius 2 is 1.94 bits per heavy atom. The molecular weight excluding hydrogens is 222 g/mol. The minimum Gasteiger partial charge on any atom is -0.385 e. The summed E-state index contributed by atoms with van der Waals surface area (Å²) in [6.07, 6.45) is 5.95. The van der Waals surface area contributed by atoms with E-state index in [0.29, 0.717) is 0 Å². The first-order valence-electron chi connectivity index (χ1n) is 6.72. The molecule has 1 atom stereocenters. The molecule has 1 unspecified atom stereocenters. The maximum Gasteiger partial charge on any atom is 0.0889 e. The van der Waals surface area contributed by atoms with E-state index in [1.165, 1.54) is 6.42 Å². The van der Waals surface area contributed by atoms with Crippen molar-refractivity contribution in [1.29, 1.82) is 0 Å². The van der Waals surface area contributed by atoms with E-state index < -0.39 is 5.60 Å². The van der Waals surface area contributed by atoms with Crippen LogP contribution in [0.2, 0.25) is 0 Å². The highest BCUT2D eigenvalue weighted by atomic mass is 16.3. The third-order valence-electron chi connectivity index (χ3n) is 3.48. The van der Waals surface area contributed by atoms with Crippen molar-refractivity contribution in [3.05, 3.63) is 42.1 Å². The highest BCUT2D eigenvalue weighted by Gasteiger charge is 2.24. The zero-order chi connectivity index (χ0) is 13.0. The van der Waals surface area contributed by atoms with E-state index in [9.17, 15) is 5.11 Å². The molecule has 0 aliphatic carbocycles. The zero-order valence-corrected chi connectivity index (χ0v) is 11.2. The Hall–Kier alpha value is -1.41. The second-order valence-corrected chi connectivity index (χ2v) is 5.11. The topological polar surface area (TPSA) is 33.1 Å². The Morgan fingerprint density at radius 1 is 1.17 bits per heavy atom. The monoisotopic (exact) mass is 243 g/mol. The number of pyridine rings is 1. The standard InChI is InChI=1S/C16H21NO/c1-3-4-5-11-16(2,18)14-10-6-8-13-9-7-12-17-15(13)14/h6-10,12,18H,3-5,11H2,1-2H3. The van der Waals surface area contributed by atoms with Crippen LogP contribution in [0, 0.1) is 0 Å². The van der Waals surface area contributed by atoms with E-state index in [0.717, 1.165) is 35.7 Å². The highest BCUT2D eigenvalue weighted by molar-refractivity contribution is 5.82. The fourth-order valence-corrected chi connectivity index (χ4v) is 2.39. The second kappa shape index (κ2) is 5.49. The Morgan fingerprint density at radius 3 is 2.72 bits per heavy atom. The van der Waals surface area contributed by atoms with Gasteiger partial charge in [0.15, 0.2) is 0 Å². The molecule has 0 saturated heterocycles. The van der Waals surface area contributed by atoms with E-state index >= 15 is 0 Å². The van der Waals surface area contributed by atoms with Crippen molar-refractivity contribution in [1.82, 2.24) is 4.98 Å². The summed E-state index contributed by atoms with van der Waals surface area (Å²) in [6, 6.07) is 9.98. The summed E-state index contributed by atoms with van der Waals surface area (Å²) in [5, 5.41) is 11.8. The van der Waals surface area contributed by atoms with Crippen molar-refractivity contribution in [2.24, 2.45) is 0 Å². The molecule has 2 heteroatoms. The van der Waals surface area contributed by atoms with Crippen molar-refractivity contribution in [3.8, 4) is 0 Å². The number of fused-ring (bicyclic) bond motifs is 1. The Balaban J connectivity index is 2.34. The van der Waals surface area contributed by atoms with Gasteiger partial charge in [-0.3, -0.25) is 4.98 Å². The minimum atomic E-state index is -0.789. The lowest BCUT2D eigenvalue weighted by molar-refractivity contribution is 0.0463. The summed E-state index contributed by atoms with van der Waals surface area (Å²) >= 11 is 0. The normalized spacial score (nSPS) is 14.6. The van der Waals surface area contributed by atoms with Crippen molar-refractivity contribution < 1.29 is 5.11 Å². The van der Waals surface area contributed by atoms with E-state index in [1.807, 2.05) is 37.3 Å². The number of nitrogens with zero attached hydrogens (tertiary/aromatic N) is 1. The predicted octanol–water partition coefficient (Wildman–Crippen LogP) is 4.02. The molecule has 0 spiro atoms. The second-order valence-electron chi connectivity index (χ2n) is 5.11. The number of benzene rings is 1.